The van der Waals surface area contributed by atoms with Crippen LogP contribution in [-0.2, 0) is 11.4 Å². The highest BCUT2D eigenvalue weighted by Crippen LogP contribution is 2.16. The summed E-state index contributed by atoms with van der Waals surface area (Å²) < 4.78 is 5.65. The lowest BCUT2D eigenvalue weighted by atomic mass is 10.2. The van der Waals surface area contributed by atoms with Crippen molar-refractivity contribution in [3.8, 4) is 5.75 Å². The molecule has 0 aromatic heterocycles. The predicted molar refractivity (Wildman–Crippen MR) is 82.1 cm³/mol. The molecule has 0 atom stereocenters. The molecule has 0 aliphatic rings. The van der Waals surface area contributed by atoms with Crippen LogP contribution in [-0.4, -0.2) is 5.24 Å². The van der Waals surface area contributed by atoms with E-state index in [9.17, 15) is 4.79 Å². The Hall–Kier alpha value is -1.77. The first-order valence-electron chi connectivity index (χ1n) is 5.98. The normalized spacial score (nSPS) is 10.7. The highest BCUT2D eigenvalue weighted by Gasteiger charge is 1.97. The third-order valence-electron chi connectivity index (χ3n) is 2.58. The summed E-state index contributed by atoms with van der Waals surface area (Å²) >= 11 is 11.1. The first-order valence-corrected chi connectivity index (χ1v) is 6.74. The van der Waals surface area contributed by atoms with Gasteiger partial charge in [0.2, 0.25) is 5.24 Å². The van der Waals surface area contributed by atoms with Gasteiger partial charge >= 0.3 is 0 Å². The number of benzene rings is 2. The number of hydrogen-bond donors (Lipinski definition) is 0. The van der Waals surface area contributed by atoms with Crippen LogP contribution < -0.4 is 4.74 Å². The number of ether oxygens (including phenoxy) is 1. The molecule has 0 saturated carbocycles. The third kappa shape index (κ3) is 4.72. The van der Waals surface area contributed by atoms with Crippen LogP contribution >= 0.6 is 23.2 Å². The van der Waals surface area contributed by atoms with Gasteiger partial charge in [-0.15, -0.1) is 0 Å². The lowest BCUT2D eigenvalue weighted by Gasteiger charge is -2.06. The molecule has 0 unspecified atom stereocenters. The lowest BCUT2D eigenvalue weighted by molar-refractivity contribution is -0.107. The minimum Gasteiger partial charge on any atom is -0.489 e. The molecule has 0 aliphatic carbocycles. The molecule has 2 rings (SSSR count). The number of carbonyl (C=O) groups is 1. The summed E-state index contributed by atoms with van der Waals surface area (Å²) in [5, 5.41) is 0.198. The van der Waals surface area contributed by atoms with Crippen molar-refractivity contribution in [1.29, 1.82) is 0 Å². The summed E-state index contributed by atoms with van der Waals surface area (Å²) in [6, 6.07) is 14.9. The monoisotopic (exact) mass is 306 g/mol. The average molecular weight is 307 g/mol. The van der Waals surface area contributed by atoms with E-state index in [0.717, 1.165) is 16.9 Å². The van der Waals surface area contributed by atoms with E-state index in [-0.39, 0.29) is 0 Å². The van der Waals surface area contributed by atoms with E-state index in [1.54, 1.807) is 6.08 Å². The van der Waals surface area contributed by atoms with Crippen LogP contribution in [0.4, 0.5) is 0 Å². The van der Waals surface area contributed by atoms with Gasteiger partial charge in [-0.3, -0.25) is 4.79 Å². The van der Waals surface area contributed by atoms with Crippen molar-refractivity contribution in [3.05, 3.63) is 70.8 Å². The van der Waals surface area contributed by atoms with Crippen molar-refractivity contribution in [2.75, 3.05) is 0 Å². The van der Waals surface area contributed by atoms with E-state index in [1.165, 1.54) is 6.08 Å². The van der Waals surface area contributed by atoms with Crippen molar-refractivity contribution in [2.24, 2.45) is 0 Å². The Balaban J connectivity index is 1.95. The molecule has 0 bridgehead atoms. The molecule has 2 aromatic carbocycles. The van der Waals surface area contributed by atoms with E-state index >= 15 is 0 Å². The molecule has 0 aliphatic heterocycles. The zero-order chi connectivity index (χ0) is 14.4. The van der Waals surface area contributed by atoms with Gasteiger partial charge in [0.05, 0.1) is 0 Å². The Morgan fingerprint density at radius 2 is 1.90 bits per heavy atom. The molecule has 0 N–H and O–H groups in total. The SMILES string of the molecule is O=C(Cl)/C=C/c1ccc(OCc2cccc(Cl)c2)cc1. The van der Waals surface area contributed by atoms with Gasteiger partial charge in [-0.05, 0) is 53.1 Å². The molecular formula is C16H12Cl2O2. The van der Waals surface area contributed by atoms with E-state index < -0.39 is 5.24 Å². The molecule has 102 valence electrons. The molecule has 0 radical (unpaired) electrons. The Kier molecular flexibility index (Phi) is 5.22. The Morgan fingerprint density at radius 3 is 2.55 bits per heavy atom. The van der Waals surface area contributed by atoms with Gasteiger partial charge in [0.15, 0.2) is 0 Å². The quantitative estimate of drug-likeness (QED) is 0.591. The molecule has 0 amide bonds. The first-order chi connectivity index (χ1) is 9.63. The summed E-state index contributed by atoms with van der Waals surface area (Å²) in [7, 11) is 0. The summed E-state index contributed by atoms with van der Waals surface area (Å²) in [6.45, 7) is 0.454. The number of allylic oxidation sites excluding steroid dienone is 1. The summed E-state index contributed by atoms with van der Waals surface area (Å²) in [5.41, 5.74) is 1.89. The standard InChI is InChI=1S/C16H12Cl2O2/c17-14-3-1-2-13(10-14)11-20-15-7-4-12(5-8-15)6-9-16(18)19/h1-10H,11H2/b9-6+. The maximum Gasteiger partial charge on any atom is 0.245 e. The van der Waals surface area contributed by atoms with Crippen LogP contribution in [0.2, 0.25) is 5.02 Å². The Morgan fingerprint density at radius 1 is 1.15 bits per heavy atom. The van der Waals surface area contributed by atoms with Crippen LogP contribution in [0.25, 0.3) is 6.08 Å². The smallest absolute Gasteiger partial charge is 0.245 e. The lowest BCUT2D eigenvalue weighted by Crippen LogP contribution is -1.95. The van der Waals surface area contributed by atoms with Gasteiger partial charge in [-0.1, -0.05) is 41.9 Å². The maximum atomic E-state index is 10.6. The predicted octanol–water partition coefficient (Wildman–Crippen LogP) is 4.70. The van der Waals surface area contributed by atoms with Crippen molar-refractivity contribution < 1.29 is 9.53 Å². The van der Waals surface area contributed by atoms with Crippen molar-refractivity contribution >= 4 is 34.5 Å². The Bertz CT molecular complexity index is 619. The molecule has 0 heterocycles. The number of hydrogen-bond acceptors (Lipinski definition) is 2. The summed E-state index contributed by atoms with van der Waals surface area (Å²) in [5.74, 6) is 0.749. The van der Waals surface area contributed by atoms with E-state index in [1.807, 2.05) is 48.5 Å². The second-order valence-corrected chi connectivity index (χ2v) is 4.93. The number of carbonyl (C=O) groups excluding carboxylic acids is 1. The van der Waals surface area contributed by atoms with E-state index in [4.69, 9.17) is 27.9 Å². The number of rotatable bonds is 5. The fourth-order valence-corrected chi connectivity index (χ4v) is 1.91. The molecular weight excluding hydrogens is 295 g/mol. The Labute approximate surface area is 127 Å². The van der Waals surface area contributed by atoms with Gasteiger partial charge in [-0.25, -0.2) is 0 Å². The molecule has 0 spiro atoms. The van der Waals surface area contributed by atoms with Crippen molar-refractivity contribution in [1.82, 2.24) is 0 Å². The zero-order valence-corrected chi connectivity index (χ0v) is 12.1. The number of halogens is 2. The zero-order valence-electron chi connectivity index (χ0n) is 10.6. The largest absolute Gasteiger partial charge is 0.489 e. The highest BCUT2D eigenvalue weighted by molar-refractivity contribution is 6.66. The average Bonchev–Trinajstić information content (AvgIpc) is 2.44. The van der Waals surface area contributed by atoms with E-state index in [0.29, 0.717) is 11.6 Å². The van der Waals surface area contributed by atoms with Crippen molar-refractivity contribution in [3.63, 3.8) is 0 Å². The molecule has 20 heavy (non-hydrogen) atoms. The summed E-state index contributed by atoms with van der Waals surface area (Å²) in [4.78, 5) is 10.6. The molecule has 0 fully saturated rings. The minimum atomic E-state index is -0.494. The second kappa shape index (κ2) is 7.13. The molecule has 2 nitrogen and oxygen atoms in total. The topological polar surface area (TPSA) is 26.3 Å². The van der Waals surface area contributed by atoms with Crippen LogP contribution in [0.5, 0.6) is 5.75 Å². The minimum absolute atomic E-state index is 0.454. The van der Waals surface area contributed by atoms with E-state index in [2.05, 4.69) is 0 Å². The summed E-state index contributed by atoms with van der Waals surface area (Å²) in [6.07, 6.45) is 2.96. The van der Waals surface area contributed by atoms with Gasteiger partial charge < -0.3 is 4.74 Å². The van der Waals surface area contributed by atoms with Gasteiger partial charge in [-0.2, -0.15) is 0 Å². The molecule has 0 saturated heterocycles. The van der Waals surface area contributed by atoms with Crippen LogP contribution in [0, 0.1) is 0 Å². The van der Waals surface area contributed by atoms with Crippen LogP contribution in [0.15, 0.2) is 54.6 Å². The van der Waals surface area contributed by atoms with Crippen LogP contribution in [0.3, 0.4) is 0 Å². The van der Waals surface area contributed by atoms with Crippen molar-refractivity contribution in [2.45, 2.75) is 6.61 Å². The van der Waals surface area contributed by atoms with Gasteiger partial charge in [0, 0.05) is 5.02 Å². The fourth-order valence-electron chi connectivity index (χ4n) is 1.63. The maximum absolute atomic E-state index is 10.6. The fraction of sp³-hybridized carbons (Fsp3) is 0.0625. The second-order valence-electron chi connectivity index (χ2n) is 4.13. The van der Waals surface area contributed by atoms with Gasteiger partial charge in [0.25, 0.3) is 0 Å². The van der Waals surface area contributed by atoms with Crippen LogP contribution in [0.1, 0.15) is 11.1 Å². The molecule has 2 aromatic rings. The molecule has 4 heteroatoms. The third-order valence-corrected chi connectivity index (χ3v) is 2.94. The highest BCUT2D eigenvalue weighted by atomic mass is 35.5. The first kappa shape index (κ1) is 14.6. The van der Waals surface area contributed by atoms with Gasteiger partial charge in [0.1, 0.15) is 12.4 Å².